The van der Waals surface area contributed by atoms with Crippen LogP contribution in [-0.4, -0.2) is 24.4 Å². The van der Waals surface area contributed by atoms with E-state index >= 15 is 0 Å². The molecule has 0 saturated heterocycles. The lowest BCUT2D eigenvalue weighted by Crippen LogP contribution is -2.26. The molecule has 0 atom stereocenters. The van der Waals surface area contributed by atoms with E-state index in [0.29, 0.717) is 0 Å². The Morgan fingerprint density at radius 1 is 0.580 bits per heavy atom. The first-order valence-corrected chi connectivity index (χ1v) is 16.7. The third-order valence-corrected chi connectivity index (χ3v) is 11.2. The van der Waals surface area contributed by atoms with E-state index in [0.717, 1.165) is 88.1 Å². The van der Waals surface area contributed by atoms with Crippen LogP contribution in [0.25, 0.3) is 120 Å². The van der Waals surface area contributed by atoms with Crippen molar-refractivity contribution in [1.29, 1.82) is 0 Å². The van der Waals surface area contributed by atoms with Crippen molar-refractivity contribution in [2.75, 3.05) is 0 Å². The van der Waals surface area contributed by atoms with Crippen molar-refractivity contribution in [1.82, 2.24) is 24.4 Å². The predicted octanol–water partition coefficient (Wildman–Crippen LogP) is 8.67. The van der Waals surface area contributed by atoms with Crippen LogP contribution in [-0.2, 0) is 0 Å². The number of benzene rings is 6. The smallest absolute Gasteiger partial charge is 0.209 e. The molecule has 2 N–H and O–H groups in total. The fourth-order valence-corrected chi connectivity index (χ4v) is 9.21. The Hall–Kier alpha value is -7.13. The highest BCUT2D eigenvalue weighted by atomic mass is 16.3. The summed E-state index contributed by atoms with van der Waals surface area (Å²) in [6.45, 7) is 0. The third kappa shape index (κ3) is 2.54. The van der Waals surface area contributed by atoms with E-state index in [4.69, 9.17) is 8.83 Å². The topological polar surface area (TPSA) is 87.8 Å². The molecular formula is C41H21N7O2+2. The lowest BCUT2D eigenvalue weighted by Gasteiger charge is -2.09. The van der Waals surface area contributed by atoms with E-state index in [9.17, 15) is 0 Å². The van der Waals surface area contributed by atoms with Crippen LogP contribution in [0.15, 0.2) is 125 Å². The second-order valence-corrected chi connectivity index (χ2v) is 13.6. The fourth-order valence-electron chi connectivity index (χ4n) is 9.21. The van der Waals surface area contributed by atoms with Gasteiger partial charge in [-0.3, -0.25) is 0 Å². The number of H-pyrrole nitrogens is 2. The molecule has 0 aliphatic heterocycles. The molecule has 0 saturated carbocycles. The van der Waals surface area contributed by atoms with E-state index in [1.807, 2.05) is 23.0 Å². The van der Waals surface area contributed by atoms with Gasteiger partial charge in [0.15, 0.2) is 27.7 Å². The maximum atomic E-state index is 6.80. The first-order valence-electron chi connectivity index (χ1n) is 16.7. The summed E-state index contributed by atoms with van der Waals surface area (Å²) in [5, 5.41) is 19.0. The van der Waals surface area contributed by atoms with Crippen molar-refractivity contribution in [3.63, 3.8) is 0 Å². The lowest BCUT2D eigenvalue weighted by atomic mass is 9.92. The van der Waals surface area contributed by atoms with Gasteiger partial charge in [-0.15, -0.1) is 18.1 Å². The summed E-state index contributed by atoms with van der Waals surface area (Å²) < 4.78 is 21.6. The summed E-state index contributed by atoms with van der Waals surface area (Å²) in [6.07, 6.45) is 6.00. The van der Waals surface area contributed by atoms with Gasteiger partial charge in [0.1, 0.15) is 29.1 Å². The van der Waals surface area contributed by atoms with E-state index in [2.05, 4.69) is 126 Å². The predicted molar refractivity (Wildman–Crippen MR) is 194 cm³/mol. The van der Waals surface area contributed by atoms with E-state index in [1.54, 1.807) is 0 Å². The highest BCUT2D eigenvalue weighted by Crippen LogP contribution is 2.47. The molecule has 8 aromatic heterocycles. The maximum absolute atomic E-state index is 6.80. The minimum absolute atomic E-state index is 0.839. The van der Waals surface area contributed by atoms with Crippen LogP contribution in [0.5, 0.6) is 0 Å². The molecule has 8 heterocycles. The molecule has 0 unspecified atom stereocenters. The number of furan rings is 2. The average Bonchev–Trinajstić information content (AvgIpc) is 3.88. The first-order chi connectivity index (χ1) is 24.8. The summed E-state index contributed by atoms with van der Waals surface area (Å²) in [6, 6.07) is 34.6. The van der Waals surface area contributed by atoms with E-state index in [1.165, 1.54) is 32.3 Å². The number of hydrogen-bond donors (Lipinski definition) is 2. The number of imidazole rings is 1. The first kappa shape index (κ1) is 24.1. The average molecular weight is 644 g/mol. The van der Waals surface area contributed by atoms with Crippen LogP contribution in [0, 0.1) is 0 Å². The molecule has 0 aliphatic rings. The van der Waals surface area contributed by atoms with Gasteiger partial charge in [-0.25, -0.2) is 4.98 Å². The number of fused-ring (bicyclic) bond motifs is 6. The van der Waals surface area contributed by atoms with Crippen LogP contribution in [0.4, 0.5) is 0 Å². The number of nitrogens with zero attached hydrogens (tertiary/aromatic N) is 5. The molecule has 0 amide bonds. The van der Waals surface area contributed by atoms with Gasteiger partial charge < -0.3 is 8.83 Å². The summed E-state index contributed by atoms with van der Waals surface area (Å²) >= 11 is 0. The van der Waals surface area contributed by atoms with Crippen LogP contribution < -0.4 is 9.03 Å². The summed E-state index contributed by atoms with van der Waals surface area (Å²) in [4.78, 5) is 4.66. The highest BCUT2D eigenvalue weighted by molar-refractivity contribution is 6.37. The van der Waals surface area contributed by atoms with Crippen molar-refractivity contribution >= 4 is 109 Å². The van der Waals surface area contributed by atoms with Gasteiger partial charge in [0.05, 0.1) is 10.8 Å². The van der Waals surface area contributed by atoms with E-state index < -0.39 is 0 Å². The number of aromatic amines is 2. The number of rotatable bonds is 1. The quantitative estimate of drug-likeness (QED) is 0.139. The SMILES string of the molecule is c1ccc2c(c1)c1c3cc(-c4cc[n+]5[nH]n6cnc7ccc8ccc9oc4c5c9c8c76)ccc3c3ccc4oc5ccc[n+]6[nH]n2c1c3c4c56. The Labute approximate surface area is 277 Å². The molecule has 230 valence electrons. The number of para-hydroxylation sites is 1. The summed E-state index contributed by atoms with van der Waals surface area (Å²) in [5.41, 5.74) is 11.9. The van der Waals surface area contributed by atoms with Crippen molar-refractivity contribution in [2.45, 2.75) is 0 Å². The number of aromatic nitrogens is 7. The Morgan fingerprint density at radius 2 is 1.44 bits per heavy atom. The molecule has 9 nitrogen and oxygen atoms in total. The van der Waals surface area contributed by atoms with Crippen molar-refractivity contribution in [2.24, 2.45) is 0 Å². The van der Waals surface area contributed by atoms with Gasteiger partial charge in [-0.05, 0) is 87.8 Å². The lowest BCUT2D eigenvalue weighted by molar-refractivity contribution is -0.586. The Bertz CT molecular complexity index is 3790. The second kappa shape index (κ2) is 7.77. The van der Waals surface area contributed by atoms with Crippen LogP contribution in [0.3, 0.4) is 0 Å². The third-order valence-electron chi connectivity index (χ3n) is 11.2. The zero-order valence-corrected chi connectivity index (χ0v) is 26.0. The molecule has 0 spiro atoms. The number of nitrogens with one attached hydrogen (secondary N) is 2. The minimum Gasteiger partial charge on any atom is -0.452 e. The van der Waals surface area contributed by atoms with Crippen LogP contribution in [0.1, 0.15) is 0 Å². The summed E-state index contributed by atoms with van der Waals surface area (Å²) in [7, 11) is 0. The normalized spacial score (nSPS) is 13.2. The molecule has 0 aliphatic carbocycles. The largest absolute Gasteiger partial charge is 0.452 e. The van der Waals surface area contributed by atoms with Gasteiger partial charge in [-0.1, -0.05) is 46.8 Å². The monoisotopic (exact) mass is 643 g/mol. The van der Waals surface area contributed by atoms with Gasteiger partial charge in [-0.2, -0.15) is 0 Å². The van der Waals surface area contributed by atoms with Gasteiger partial charge >= 0.3 is 0 Å². The number of pyridine rings is 2. The van der Waals surface area contributed by atoms with E-state index in [-0.39, 0.29) is 0 Å². The fraction of sp³-hybridized carbons (Fsp3) is 0. The van der Waals surface area contributed by atoms with Crippen LogP contribution in [0.2, 0.25) is 0 Å². The van der Waals surface area contributed by atoms with Gasteiger partial charge in [0.2, 0.25) is 17.4 Å². The Kier molecular flexibility index (Phi) is 3.74. The standard InChI is InChI=1S/C41H21N7O2/c1-2-5-28-25(4-1)33-26-18-21(7-10-23(26)24-11-14-29-36-34(24)39(33)48(28)44-45-16-3-6-31(49-29)38(36)45)22-15-17-46-40-35-30(50-41(22)40)13-9-20-8-12-27-37(32(20)35)47(43-46)19-42-27/h1-19,43-44H/q+2. The molecule has 6 aromatic carbocycles. The zero-order chi connectivity index (χ0) is 32.0. The zero-order valence-electron chi connectivity index (χ0n) is 26.0. The van der Waals surface area contributed by atoms with Crippen LogP contribution >= 0.6 is 0 Å². The molecule has 50 heavy (non-hydrogen) atoms. The molecule has 0 fully saturated rings. The summed E-state index contributed by atoms with van der Waals surface area (Å²) in [5.74, 6) is 0. The molecular weight excluding hydrogens is 622 g/mol. The molecule has 14 aromatic rings. The molecule has 9 heteroatoms. The van der Waals surface area contributed by atoms with Gasteiger partial charge in [0.25, 0.3) is 0 Å². The van der Waals surface area contributed by atoms with Crippen molar-refractivity contribution in [3.05, 3.63) is 116 Å². The molecule has 14 rings (SSSR count). The Morgan fingerprint density at radius 3 is 2.44 bits per heavy atom. The Balaban J connectivity index is 1.17. The van der Waals surface area contributed by atoms with Crippen molar-refractivity contribution < 1.29 is 17.9 Å². The highest BCUT2D eigenvalue weighted by Gasteiger charge is 2.29. The molecule has 0 bridgehead atoms. The number of hydrogen-bond acceptors (Lipinski definition) is 3. The van der Waals surface area contributed by atoms with Crippen molar-refractivity contribution in [3.8, 4) is 11.1 Å². The minimum atomic E-state index is 0.839. The second-order valence-electron chi connectivity index (χ2n) is 13.6. The maximum Gasteiger partial charge on any atom is 0.209 e. The molecule has 0 radical (unpaired) electrons. The van der Waals surface area contributed by atoms with Gasteiger partial charge in [0, 0.05) is 27.1 Å².